The van der Waals surface area contributed by atoms with Gasteiger partial charge < -0.3 is 20.5 Å². The SMILES string of the molecule is CCCN(CCC)C(=O)c1cc(C)cc(C(=O)NCCCNCc2ccc3cc[nH]c3c2)c1.Cc1cc(F)cc(F)c1. The maximum atomic E-state index is 12.9. The van der Waals surface area contributed by atoms with E-state index in [0.29, 0.717) is 23.2 Å². The maximum Gasteiger partial charge on any atom is 0.253 e. The molecule has 224 valence electrons. The maximum absolute atomic E-state index is 12.9. The molecular formula is C34H42F2N4O2. The number of aryl methyl sites for hydroxylation is 2. The molecule has 2 amide bonds. The number of amides is 2. The van der Waals surface area contributed by atoms with E-state index in [1.54, 1.807) is 13.0 Å². The van der Waals surface area contributed by atoms with Gasteiger partial charge in [0.2, 0.25) is 0 Å². The lowest BCUT2D eigenvalue weighted by Crippen LogP contribution is -2.33. The number of benzene rings is 3. The lowest BCUT2D eigenvalue weighted by molar-refractivity contribution is 0.0755. The second-order valence-corrected chi connectivity index (χ2v) is 10.5. The summed E-state index contributed by atoms with van der Waals surface area (Å²) in [6.45, 7) is 11.3. The fraction of sp³-hybridized carbons (Fsp3) is 0.353. The van der Waals surface area contributed by atoms with Gasteiger partial charge in [0.25, 0.3) is 11.8 Å². The van der Waals surface area contributed by atoms with Crippen LogP contribution in [0.2, 0.25) is 0 Å². The summed E-state index contributed by atoms with van der Waals surface area (Å²) in [5, 5.41) is 7.62. The monoisotopic (exact) mass is 576 g/mol. The second-order valence-electron chi connectivity index (χ2n) is 10.5. The van der Waals surface area contributed by atoms with E-state index >= 15 is 0 Å². The zero-order valence-corrected chi connectivity index (χ0v) is 25.0. The van der Waals surface area contributed by atoms with E-state index in [0.717, 1.165) is 62.6 Å². The van der Waals surface area contributed by atoms with Gasteiger partial charge in [-0.25, -0.2) is 8.78 Å². The third-order valence-electron chi connectivity index (χ3n) is 6.63. The number of carbonyl (C=O) groups is 2. The first-order chi connectivity index (χ1) is 20.2. The number of halogens is 2. The number of hydrogen-bond acceptors (Lipinski definition) is 3. The highest BCUT2D eigenvalue weighted by molar-refractivity contribution is 6.00. The molecule has 1 heterocycles. The molecule has 0 atom stereocenters. The Balaban J connectivity index is 0.000000458. The van der Waals surface area contributed by atoms with Crippen LogP contribution in [0.25, 0.3) is 10.9 Å². The molecule has 0 fully saturated rings. The van der Waals surface area contributed by atoms with Gasteiger partial charge in [-0.15, -0.1) is 0 Å². The highest BCUT2D eigenvalue weighted by Crippen LogP contribution is 2.15. The summed E-state index contributed by atoms with van der Waals surface area (Å²) in [6, 6.07) is 17.3. The minimum atomic E-state index is -0.521. The van der Waals surface area contributed by atoms with Crippen molar-refractivity contribution in [2.75, 3.05) is 26.2 Å². The zero-order valence-electron chi connectivity index (χ0n) is 25.0. The van der Waals surface area contributed by atoms with Crippen LogP contribution in [0.5, 0.6) is 0 Å². The number of nitrogens with one attached hydrogen (secondary N) is 3. The van der Waals surface area contributed by atoms with Crippen molar-refractivity contribution in [3.63, 3.8) is 0 Å². The summed E-state index contributed by atoms with van der Waals surface area (Å²) >= 11 is 0. The van der Waals surface area contributed by atoms with E-state index in [4.69, 9.17) is 0 Å². The number of carbonyl (C=O) groups excluding carboxylic acids is 2. The third-order valence-corrected chi connectivity index (χ3v) is 6.63. The van der Waals surface area contributed by atoms with Crippen LogP contribution in [0.4, 0.5) is 8.78 Å². The molecule has 4 rings (SSSR count). The van der Waals surface area contributed by atoms with Crippen molar-refractivity contribution < 1.29 is 18.4 Å². The Morgan fingerprint density at radius 3 is 2.14 bits per heavy atom. The van der Waals surface area contributed by atoms with E-state index in [1.807, 2.05) is 30.2 Å². The minimum Gasteiger partial charge on any atom is -0.361 e. The first kappa shape index (κ1) is 32.5. The van der Waals surface area contributed by atoms with Crippen molar-refractivity contribution in [2.45, 2.75) is 53.5 Å². The van der Waals surface area contributed by atoms with Gasteiger partial charge in [0.1, 0.15) is 11.6 Å². The number of hydrogen-bond donors (Lipinski definition) is 3. The number of aromatic nitrogens is 1. The molecule has 1 aromatic heterocycles. The molecule has 0 unspecified atom stereocenters. The Hall–Kier alpha value is -4.04. The zero-order chi connectivity index (χ0) is 30.5. The van der Waals surface area contributed by atoms with Crippen molar-refractivity contribution in [3.8, 4) is 0 Å². The van der Waals surface area contributed by atoms with Crippen LogP contribution in [-0.2, 0) is 6.54 Å². The predicted octanol–water partition coefficient (Wildman–Crippen LogP) is 6.92. The van der Waals surface area contributed by atoms with E-state index in [9.17, 15) is 18.4 Å². The van der Waals surface area contributed by atoms with Crippen molar-refractivity contribution in [1.82, 2.24) is 20.5 Å². The molecule has 0 aliphatic carbocycles. The lowest BCUT2D eigenvalue weighted by atomic mass is 10.0. The molecule has 0 saturated carbocycles. The Morgan fingerprint density at radius 2 is 1.48 bits per heavy atom. The quantitative estimate of drug-likeness (QED) is 0.160. The lowest BCUT2D eigenvalue weighted by Gasteiger charge is -2.22. The highest BCUT2D eigenvalue weighted by atomic mass is 19.1. The number of fused-ring (bicyclic) bond motifs is 1. The number of nitrogens with zero attached hydrogens (tertiary/aromatic N) is 1. The average Bonchev–Trinajstić information content (AvgIpc) is 3.41. The van der Waals surface area contributed by atoms with Crippen LogP contribution >= 0.6 is 0 Å². The van der Waals surface area contributed by atoms with Crippen molar-refractivity contribution in [1.29, 1.82) is 0 Å². The van der Waals surface area contributed by atoms with Crippen molar-refractivity contribution in [2.24, 2.45) is 0 Å². The Morgan fingerprint density at radius 1 is 0.810 bits per heavy atom. The van der Waals surface area contributed by atoms with Gasteiger partial charge in [0, 0.05) is 55.1 Å². The first-order valence-corrected chi connectivity index (χ1v) is 14.6. The summed E-state index contributed by atoms with van der Waals surface area (Å²) in [6.07, 6.45) is 4.61. The topological polar surface area (TPSA) is 77.2 Å². The van der Waals surface area contributed by atoms with Crippen molar-refractivity contribution >= 4 is 22.7 Å². The van der Waals surface area contributed by atoms with E-state index in [1.165, 1.54) is 23.1 Å². The smallest absolute Gasteiger partial charge is 0.253 e. The van der Waals surface area contributed by atoms with Gasteiger partial charge in [0.15, 0.2) is 0 Å². The fourth-order valence-corrected chi connectivity index (χ4v) is 4.72. The number of rotatable bonds is 12. The average molecular weight is 577 g/mol. The molecule has 4 aromatic rings. The molecule has 0 aliphatic heterocycles. The van der Waals surface area contributed by atoms with E-state index in [-0.39, 0.29) is 11.8 Å². The molecule has 0 spiro atoms. The molecule has 6 nitrogen and oxygen atoms in total. The molecular weight excluding hydrogens is 534 g/mol. The summed E-state index contributed by atoms with van der Waals surface area (Å²) < 4.78 is 24.4. The molecule has 0 radical (unpaired) electrons. The minimum absolute atomic E-state index is 0.00168. The van der Waals surface area contributed by atoms with Crippen LogP contribution in [0.3, 0.4) is 0 Å². The number of aromatic amines is 1. The van der Waals surface area contributed by atoms with Gasteiger partial charge in [-0.1, -0.05) is 26.0 Å². The fourth-order valence-electron chi connectivity index (χ4n) is 4.72. The summed E-state index contributed by atoms with van der Waals surface area (Å²) in [5.41, 5.74) is 5.02. The molecule has 8 heteroatoms. The Kier molecular flexibility index (Phi) is 12.7. The largest absolute Gasteiger partial charge is 0.361 e. The van der Waals surface area contributed by atoms with Gasteiger partial charge in [0.05, 0.1) is 0 Å². The molecule has 3 N–H and O–H groups in total. The van der Waals surface area contributed by atoms with Gasteiger partial charge in [-0.05, 0) is 104 Å². The normalized spacial score (nSPS) is 10.7. The molecule has 3 aromatic carbocycles. The molecule has 0 saturated heterocycles. The summed E-state index contributed by atoms with van der Waals surface area (Å²) in [4.78, 5) is 30.7. The van der Waals surface area contributed by atoms with Gasteiger partial charge in [-0.2, -0.15) is 0 Å². The Labute approximate surface area is 247 Å². The highest BCUT2D eigenvalue weighted by Gasteiger charge is 2.17. The summed E-state index contributed by atoms with van der Waals surface area (Å²) in [5.74, 6) is -1.18. The predicted molar refractivity (Wildman–Crippen MR) is 166 cm³/mol. The molecule has 0 aliphatic rings. The van der Waals surface area contributed by atoms with Crippen molar-refractivity contribution in [3.05, 3.63) is 106 Å². The summed E-state index contributed by atoms with van der Waals surface area (Å²) in [7, 11) is 0. The first-order valence-electron chi connectivity index (χ1n) is 14.6. The van der Waals surface area contributed by atoms with Crippen LogP contribution in [-0.4, -0.2) is 47.9 Å². The third kappa shape index (κ3) is 10.1. The van der Waals surface area contributed by atoms with E-state index < -0.39 is 11.6 Å². The second kappa shape index (κ2) is 16.4. The van der Waals surface area contributed by atoms with E-state index in [2.05, 4.69) is 53.7 Å². The Bertz CT molecular complexity index is 1410. The molecule has 42 heavy (non-hydrogen) atoms. The van der Waals surface area contributed by atoms with Gasteiger partial charge in [-0.3, -0.25) is 9.59 Å². The van der Waals surface area contributed by atoms with Crippen LogP contribution in [0.15, 0.2) is 66.9 Å². The van der Waals surface area contributed by atoms with Gasteiger partial charge >= 0.3 is 0 Å². The standard InChI is InChI=1S/C27H36N4O2.C7H6F2/c1-4-13-31(14-5-2)27(33)24-16-20(3)15-23(18-24)26(32)30-11-6-10-28-19-21-7-8-22-9-12-29-25(22)17-21;1-5-2-6(8)4-7(9)3-5/h7-9,12,15-18,28-29H,4-6,10-11,13-14,19H2,1-3H3,(H,30,32);2-4H,1H3. The molecule has 0 bridgehead atoms. The van der Waals surface area contributed by atoms with Crippen LogP contribution in [0, 0.1) is 25.5 Å². The van der Waals surface area contributed by atoms with Crippen LogP contribution in [0.1, 0.15) is 70.5 Å². The van der Waals surface area contributed by atoms with Crippen LogP contribution < -0.4 is 10.6 Å². The number of H-pyrrole nitrogens is 1.